The lowest BCUT2D eigenvalue weighted by molar-refractivity contribution is -0.140. The van der Waals surface area contributed by atoms with Gasteiger partial charge in [-0.3, -0.25) is 4.79 Å². The topological polar surface area (TPSA) is 29.5 Å². The summed E-state index contributed by atoms with van der Waals surface area (Å²) in [5, 5.41) is 0.115. The quantitative estimate of drug-likeness (QED) is 0.761. The van der Waals surface area contributed by atoms with E-state index in [1.54, 1.807) is 12.1 Å². The van der Waals surface area contributed by atoms with Crippen molar-refractivity contribution in [3.63, 3.8) is 0 Å². The molecule has 0 N–H and O–H groups in total. The van der Waals surface area contributed by atoms with Crippen molar-refractivity contribution < 1.29 is 13.9 Å². The molecular weight excluding hydrogens is 245 g/mol. The van der Waals surface area contributed by atoms with Crippen LogP contribution in [0.25, 0.3) is 0 Å². The normalized spacial score (nSPS) is 10.6. The second-order valence-electron chi connectivity index (χ2n) is 3.78. The number of halogens is 2. The minimum absolute atomic E-state index is 0.115. The zero-order valence-electron chi connectivity index (χ0n) is 9.87. The molecule has 94 valence electrons. The first kappa shape index (κ1) is 13.9. The first-order chi connectivity index (χ1) is 8.04. The highest BCUT2D eigenvalue weighted by Gasteiger charge is 2.10. The molecule has 0 atom stereocenters. The van der Waals surface area contributed by atoms with Crippen molar-refractivity contribution in [2.24, 2.45) is 0 Å². The number of carbonyl (C=O) groups excluding carboxylic acids is 1. The number of nitrogens with zero attached hydrogens (tertiary/aromatic N) is 1. The second kappa shape index (κ2) is 6.57. The summed E-state index contributed by atoms with van der Waals surface area (Å²) in [7, 11) is 3.16. The summed E-state index contributed by atoms with van der Waals surface area (Å²) in [6, 6.07) is 4.89. The molecule has 0 amide bonds. The van der Waals surface area contributed by atoms with Gasteiger partial charge in [0.05, 0.1) is 18.6 Å². The van der Waals surface area contributed by atoms with Crippen LogP contribution in [0.4, 0.5) is 4.39 Å². The Kier molecular flexibility index (Phi) is 5.38. The number of methoxy groups -OCH3 is 1. The highest BCUT2D eigenvalue weighted by atomic mass is 35.5. The van der Waals surface area contributed by atoms with E-state index in [0.717, 1.165) is 0 Å². The Labute approximate surface area is 105 Å². The largest absolute Gasteiger partial charge is 0.469 e. The van der Waals surface area contributed by atoms with Gasteiger partial charge in [-0.05, 0) is 13.1 Å². The van der Waals surface area contributed by atoms with E-state index in [-0.39, 0.29) is 17.4 Å². The van der Waals surface area contributed by atoms with Gasteiger partial charge in [-0.25, -0.2) is 4.39 Å². The molecule has 0 aliphatic heterocycles. The Morgan fingerprint density at radius 1 is 1.53 bits per heavy atom. The fourth-order valence-corrected chi connectivity index (χ4v) is 1.62. The third-order valence-electron chi connectivity index (χ3n) is 2.40. The molecular formula is C12H15ClFNO2. The van der Waals surface area contributed by atoms with E-state index in [1.165, 1.54) is 13.2 Å². The number of rotatable bonds is 5. The monoisotopic (exact) mass is 259 g/mol. The van der Waals surface area contributed by atoms with E-state index in [0.29, 0.717) is 18.7 Å². The van der Waals surface area contributed by atoms with Crippen LogP contribution in [-0.2, 0) is 16.1 Å². The zero-order valence-corrected chi connectivity index (χ0v) is 10.6. The maximum absolute atomic E-state index is 13.6. The van der Waals surface area contributed by atoms with E-state index >= 15 is 0 Å². The van der Waals surface area contributed by atoms with Crippen molar-refractivity contribution >= 4 is 17.6 Å². The summed E-state index contributed by atoms with van der Waals surface area (Å²) in [5.74, 6) is -0.678. The summed E-state index contributed by atoms with van der Waals surface area (Å²) in [4.78, 5) is 12.8. The number of ether oxygens (including phenoxy) is 1. The number of hydrogen-bond donors (Lipinski definition) is 0. The van der Waals surface area contributed by atoms with Crippen LogP contribution < -0.4 is 0 Å². The van der Waals surface area contributed by atoms with Gasteiger partial charge in [0, 0.05) is 18.7 Å². The van der Waals surface area contributed by atoms with Crippen molar-refractivity contribution in [3.05, 3.63) is 34.6 Å². The van der Waals surface area contributed by atoms with Gasteiger partial charge in [-0.15, -0.1) is 0 Å². The summed E-state index contributed by atoms with van der Waals surface area (Å²) in [6.45, 7) is 0.919. The van der Waals surface area contributed by atoms with Gasteiger partial charge in [0.2, 0.25) is 0 Å². The number of hydrogen-bond acceptors (Lipinski definition) is 3. The van der Waals surface area contributed by atoms with Crippen molar-refractivity contribution in [1.82, 2.24) is 4.90 Å². The number of esters is 1. The lowest BCUT2D eigenvalue weighted by Gasteiger charge is -2.16. The van der Waals surface area contributed by atoms with Crippen LogP contribution in [-0.4, -0.2) is 31.6 Å². The molecule has 5 heteroatoms. The molecule has 0 aliphatic rings. The minimum Gasteiger partial charge on any atom is -0.469 e. The van der Waals surface area contributed by atoms with E-state index in [1.807, 2.05) is 11.9 Å². The van der Waals surface area contributed by atoms with Crippen molar-refractivity contribution in [2.75, 3.05) is 20.7 Å². The lowest BCUT2D eigenvalue weighted by atomic mass is 10.2. The molecule has 0 unspecified atom stereocenters. The Morgan fingerprint density at radius 2 is 2.24 bits per heavy atom. The average Bonchev–Trinajstić information content (AvgIpc) is 2.32. The van der Waals surface area contributed by atoms with Crippen LogP contribution >= 0.6 is 11.6 Å². The SMILES string of the molecule is COC(=O)CCN(C)Cc1cccc(Cl)c1F. The third-order valence-corrected chi connectivity index (χ3v) is 2.69. The molecule has 0 saturated heterocycles. The van der Waals surface area contributed by atoms with Gasteiger partial charge < -0.3 is 9.64 Å². The molecule has 1 aromatic carbocycles. The average molecular weight is 260 g/mol. The maximum atomic E-state index is 13.6. The maximum Gasteiger partial charge on any atom is 0.306 e. The van der Waals surface area contributed by atoms with E-state index < -0.39 is 5.82 Å². The standard InChI is InChI=1S/C12H15ClFNO2/c1-15(7-6-11(16)17-2)8-9-4-3-5-10(13)12(9)14/h3-5H,6-8H2,1-2H3. The molecule has 17 heavy (non-hydrogen) atoms. The van der Waals surface area contributed by atoms with Crippen LogP contribution in [0.2, 0.25) is 5.02 Å². The summed E-state index contributed by atoms with van der Waals surface area (Å²) in [6.07, 6.45) is 0.287. The molecule has 1 rings (SSSR count). The van der Waals surface area contributed by atoms with E-state index in [2.05, 4.69) is 4.74 Å². The van der Waals surface area contributed by atoms with Crippen LogP contribution in [0.3, 0.4) is 0 Å². The molecule has 3 nitrogen and oxygen atoms in total. The molecule has 0 saturated carbocycles. The molecule has 0 aliphatic carbocycles. The van der Waals surface area contributed by atoms with Gasteiger partial charge in [0.25, 0.3) is 0 Å². The van der Waals surface area contributed by atoms with Crippen LogP contribution in [0.15, 0.2) is 18.2 Å². The predicted molar refractivity (Wildman–Crippen MR) is 64.4 cm³/mol. The first-order valence-electron chi connectivity index (χ1n) is 5.23. The van der Waals surface area contributed by atoms with Gasteiger partial charge >= 0.3 is 5.97 Å². The minimum atomic E-state index is -0.404. The second-order valence-corrected chi connectivity index (χ2v) is 4.18. The highest BCUT2D eigenvalue weighted by molar-refractivity contribution is 6.30. The van der Waals surface area contributed by atoms with Crippen molar-refractivity contribution in [3.8, 4) is 0 Å². The van der Waals surface area contributed by atoms with Crippen LogP contribution in [0.5, 0.6) is 0 Å². The molecule has 0 radical (unpaired) electrons. The molecule has 0 aromatic heterocycles. The lowest BCUT2D eigenvalue weighted by Crippen LogP contribution is -2.22. The predicted octanol–water partition coefficient (Wildman–Crippen LogP) is 2.47. The summed E-state index contributed by atoms with van der Waals surface area (Å²) < 4.78 is 18.1. The van der Waals surface area contributed by atoms with Crippen molar-refractivity contribution in [1.29, 1.82) is 0 Å². The highest BCUT2D eigenvalue weighted by Crippen LogP contribution is 2.18. The smallest absolute Gasteiger partial charge is 0.306 e. The number of carbonyl (C=O) groups is 1. The summed E-state index contributed by atoms with van der Waals surface area (Å²) in [5.41, 5.74) is 0.518. The Balaban J connectivity index is 2.53. The van der Waals surface area contributed by atoms with Crippen LogP contribution in [0, 0.1) is 5.82 Å². The van der Waals surface area contributed by atoms with Crippen LogP contribution in [0.1, 0.15) is 12.0 Å². The van der Waals surface area contributed by atoms with Gasteiger partial charge in [0.1, 0.15) is 5.82 Å². The Hall–Kier alpha value is -1.13. The molecule has 1 aromatic rings. The molecule has 0 bridgehead atoms. The molecule has 0 spiro atoms. The zero-order chi connectivity index (χ0) is 12.8. The van der Waals surface area contributed by atoms with Gasteiger partial charge in [-0.1, -0.05) is 23.7 Å². The third kappa shape index (κ3) is 4.32. The fourth-order valence-electron chi connectivity index (χ4n) is 1.42. The Morgan fingerprint density at radius 3 is 2.88 bits per heavy atom. The molecule has 0 fully saturated rings. The van der Waals surface area contributed by atoms with Crippen molar-refractivity contribution in [2.45, 2.75) is 13.0 Å². The van der Waals surface area contributed by atoms with Gasteiger partial charge in [-0.2, -0.15) is 0 Å². The molecule has 0 heterocycles. The van der Waals surface area contributed by atoms with Gasteiger partial charge in [0.15, 0.2) is 0 Å². The summed E-state index contributed by atoms with van der Waals surface area (Å²) >= 11 is 5.68. The number of benzene rings is 1. The van der Waals surface area contributed by atoms with E-state index in [9.17, 15) is 9.18 Å². The van der Waals surface area contributed by atoms with E-state index in [4.69, 9.17) is 11.6 Å². The first-order valence-corrected chi connectivity index (χ1v) is 5.60. The Bertz CT molecular complexity index is 398. The fraction of sp³-hybridized carbons (Fsp3) is 0.417.